The predicted molar refractivity (Wildman–Crippen MR) is 55.6 cm³/mol. The highest BCUT2D eigenvalue weighted by atomic mass is 16.5. The molecule has 1 atom stereocenters. The van der Waals surface area contributed by atoms with Crippen LogP contribution < -0.4 is 0 Å². The summed E-state index contributed by atoms with van der Waals surface area (Å²) in [6, 6.07) is 0.386. The monoisotopic (exact) mass is 183 g/mol. The van der Waals surface area contributed by atoms with E-state index < -0.39 is 0 Å². The smallest absolute Gasteiger partial charge is 0.116 e. The van der Waals surface area contributed by atoms with E-state index in [4.69, 9.17) is 4.74 Å². The molecule has 2 heteroatoms. The largest absolute Gasteiger partial charge is 0.359 e. The third-order valence-corrected chi connectivity index (χ3v) is 2.53. The van der Waals surface area contributed by atoms with Crippen molar-refractivity contribution in [2.45, 2.75) is 39.5 Å². The molecule has 0 bridgehead atoms. The van der Waals surface area contributed by atoms with Crippen LogP contribution in [0.1, 0.15) is 27.7 Å². The fraction of sp³-hybridized carbons (Fsp3) is 0.818. The summed E-state index contributed by atoms with van der Waals surface area (Å²) in [5, 5.41) is 0. The predicted octanol–water partition coefficient (Wildman–Crippen LogP) is 2.27. The van der Waals surface area contributed by atoms with Crippen LogP contribution in [-0.4, -0.2) is 29.8 Å². The summed E-state index contributed by atoms with van der Waals surface area (Å²) in [6.07, 6.45) is 1.98. The van der Waals surface area contributed by atoms with Crippen molar-refractivity contribution >= 4 is 0 Å². The van der Waals surface area contributed by atoms with E-state index in [9.17, 15) is 0 Å². The van der Waals surface area contributed by atoms with Crippen LogP contribution in [0.25, 0.3) is 0 Å². The maximum Gasteiger partial charge on any atom is 0.116 e. The second kappa shape index (κ2) is 3.81. The van der Waals surface area contributed by atoms with Gasteiger partial charge in [0.15, 0.2) is 0 Å². The normalized spacial score (nSPS) is 28.2. The molecule has 0 spiro atoms. The molecule has 0 aliphatic carbocycles. The summed E-state index contributed by atoms with van der Waals surface area (Å²) in [7, 11) is 0. The Labute approximate surface area is 81.6 Å². The highest BCUT2D eigenvalue weighted by Gasteiger charge is 2.38. The molecular formula is C11H21NO. The molecule has 0 saturated carbocycles. The van der Waals surface area contributed by atoms with Gasteiger partial charge in [-0.25, -0.2) is 0 Å². The molecule has 0 N–H and O–H groups in total. The maximum atomic E-state index is 5.71. The number of nitrogens with zero attached hydrogens (tertiary/aromatic N) is 1. The van der Waals surface area contributed by atoms with Gasteiger partial charge in [0.2, 0.25) is 0 Å². The van der Waals surface area contributed by atoms with Gasteiger partial charge in [-0.2, -0.15) is 0 Å². The van der Waals surface area contributed by atoms with E-state index in [1.807, 2.05) is 6.08 Å². The average molecular weight is 183 g/mol. The van der Waals surface area contributed by atoms with Crippen molar-refractivity contribution in [3.8, 4) is 0 Å². The molecular weight excluding hydrogens is 162 g/mol. The molecule has 1 saturated heterocycles. The molecule has 0 amide bonds. The lowest BCUT2D eigenvalue weighted by atomic mass is 10.1. The second-order valence-electron chi connectivity index (χ2n) is 4.61. The molecule has 13 heavy (non-hydrogen) atoms. The third-order valence-electron chi connectivity index (χ3n) is 2.53. The van der Waals surface area contributed by atoms with Gasteiger partial charge >= 0.3 is 0 Å². The number of hydrogen-bond acceptors (Lipinski definition) is 2. The Balaban J connectivity index is 2.68. The molecule has 1 fully saturated rings. The van der Waals surface area contributed by atoms with Crippen LogP contribution in [0.3, 0.4) is 0 Å². The van der Waals surface area contributed by atoms with E-state index in [0.717, 1.165) is 13.2 Å². The van der Waals surface area contributed by atoms with Crippen LogP contribution in [0.15, 0.2) is 12.7 Å². The summed E-state index contributed by atoms with van der Waals surface area (Å²) in [6.45, 7) is 14.4. The molecule has 0 radical (unpaired) electrons. The molecule has 76 valence electrons. The first-order valence-electron chi connectivity index (χ1n) is 5.00. The molecule has 0 unspecified atom stereocenters. The molecule has 0 aromatic heterocycles. The van der Waals surface area contributed by atoms with E-state index >= 15 is 0 Å². The summed E-state index contributed by atoms with van der Waals surface area (Å²) in [4.78, 5) is 2.38. The highest BCUT2D eigenvalue weighted by molar-refractivity contribution is 4.96. The van der Waals surface area contributed by atoms with Gasteiger partial charge < -0.3 is 4.74 Å². The van der Waals surface area contributed by atoms with Gasteiger partial charge in [-0.3, -0.25) is 4.90 Å². The minimum Gasteiger partial charge on any atom is -0.359 e. The minimum atomic E-state index is -0.122. The zero-order valence-electron chi connectivity index (χ0n) is 9.21. The molecule has 1 rings (SSSR count). The van der Waals surface area contributed by atoms with Gasteiger partial charge in [-0.05, 0) is 19.8 Å². The van der Waals surface area contributed by atoms with Gasteiger partial charge in [-0.15, -0.1) is 6.58 Å². The van der Waals surface area contributed by atoms with Gasteiger partial charge in [-0.1, -0.05) is 19.9 Å². The van der Waals surface area contributed by atoms with Crippen LogP contribution in [0.5, 0.6) is 0 Å². The molecule has 0 aromatic rings. The quantitative estimate of drug-likeness (QED) is 0.622. The standard InChI is InChI=1S/C11H21NO/c1-6-10-8-13-11(4,5)12(10)7-9(2)3/h6,9-10H,1,7-8H2,2-5H3/t10-/m0/s1. The first-order chi connectivity index (χ1) is 5.97. The molecule has 1 heterocycles. The molecule has 0 aromatic carbocycles. The summed E-state index contributed by atoms with van der Waals surface area (Å²) < 4.78 is 5.71. The van der Waals surface area contributed by atoms with Crippen LogP contribution in [-0.2, 0) is 4.74 Å². The van der Waals surface area contributed by atoms with Crippen LogP contribution in [0, 0.1) is 5.92 Å². The van der Waals surface area contributed by atoms with Crippen molar-refractivity contribution in [3.05, 3.63) is 12.7 Å². The van der Waals surface area contributed by atoms with Crippen molar-refractivity contribution in [1.29, 1.82) is 0 Å². The highest BCUT2D eigenvalue weighted by Crippen LogP contribution is 2.28. The van der Waals surface area contributed by atoms with Gasteiger partial charge in [0.05, 0.1) is 12.6 Å². The van der Waals surface area contributed by atoms with Gasteiger partial charge in [0, 0.05) is 6.54 Å². The zero-order valence-corrected chi connectivity index (χ0v) is 9.21. The second-order valence-corrected chi connectivity index (χ2v) is 4.61. The fourth-order valence-corrected chi connectivity index (χ4v) is 1.81. The van der Waals surface area contributed by atoms with Gasteiger partial charge in [0.1, 0.15) is 5.72 Å². The fourth-order valence-electron chi connectivity index (χ4n) is 1.81. The Hall–Kier alpha value is -0.340. The minimum absolute atomic E-state index is 0.122. The van der Waals surface area contributed by atoms with E-state index in [1.165, 1.54) is 0 Å². The summed E-state index contributed by atoms with van der Waals surface area (Å²) in [5.74, 6) is 0.670. The van der Waals surface area contributed by atoms with E-state index in [2.05, 4.69) is 39.2 Å². The van der Waals surface area contributed by atoms with E-state index in [0.29, 0.717) is 12.0 Å². The van der Waals surface area contributed by atoms with E-state index in [-0.39, 0.29) is 5.72 Å². The van der Waals surface area contributed by atoms with Crippen molar-refractivity contribution < 1.29 is 4.74 Å². The lowest BCUT2D eigenvalue weighted by molar-refractivity contribution is -0.0560. The van der Waals surface area contributed by atoms with Crippen LogP contribution >= 0.6 is 0 Å². The number of rotatable bonds is 3. The molecule has 1 aliphatic heterocycles. The maximum absolute atomic E-state index is 5.71. The Kier molecular flexibility index (Phi) is 3.14. The first-order valence-corrected chi connectivity index (χ1v) is 5.00. The number of hydrogen-bond donors (Lipinski definition) is 0. The van der Waals surface area contributed by atoms with Crippen molar-refractivity contribution in [2.24, 2.45) is 5.92 Å². The SMILES string of the molecule is C=C[C@H]1COC(C)(C)N1CC(C)C. The van der Waals surface area contributed by atoms with E-state index in [1.54, 1.807) is 0 Å². The Morgan fingerprint density at radius 3 is 2.69 bits per heavy atom. The van der Waals surface area contributed by atoms with Crippen LogP contribution in [0.4, 0.5) is 0 Å². The third kappa shape index (κ3) is 2.32. The Morgan fingerprint density at radius 1 is 1.62 bits per heavy atom. The average Bonchev–Trinajstić information content (AvgIpc) is 2.27. The number of ether oxygens (including phenoxy) is 1. The van der Waals surface area contributed by atoms with Crippen molar-refractivity contribution in [2.75, 3.05) is 13.2 Å². The van der Waals surface area contributed by atoms with Crippen molar-refractivity contribution in [1.82, 2.24) is 4.90 Å². The van der Waals surface area contributed by atoms with Crippen LogP contribution in [0.2, 0.25) is 0 Å². The topological polar surface area (TPSA) is 12.5 Å². The summed E-state index contributed by atoms with van der Waals surface area (Å²) >= 11 is 0. The van der Waals surface area contributed by atoms with Crippen molar-refractivity contribution in [3.63, 3.8) is 0 Å². The molecule has 2 nitrogen and oxygen atoms in total. The Bertz CT molecular complexity index is 187. The van der Waals surface area contributed by atoms with Gasteiger partial charge in [0.25, 0.3) is 0 Å². The zero-order chi connectivity index (χ0) is 10.1. The Morgan fingerprint density at radius 2 is 2.23 bits per heavy atom. The first kappa shape index (κ1) is 10.7. The summed E-state index contributed by atoms with van der Waals surface area (Å²) in [5.41, 5.74) is -0.122. The lowest BCUT2D eigenvalue weighted by Crippen LogP contribution is -2.45. The molecule has 1 aliphatic rings. The lowest BCUT2D eigenvalue weighted by Gasteiger charge is -2.33.